The summed E-state index contributed by atoms with van der Waals surface area (Å²) in [6.07, 6.45) is 0. The summed E-state index contributed by atoms with van der Waals surface area (Å²) >= 11 is 12.6. The molecule has 10 heteroatoms. The minimum atomic E-state index is -3.91. The van der Waals surface area contributed by atoms with Crippen LogP contribution in [-0.2, 0) is 26.2 Å². The van der Waals surface area contributed by atoms with Gasteiger partial charge in [0.15, 0.2) is 0 Å². The average molecular weight is 529 g/mol. The molecule has 2 aromatic carbocycles. The third-order valence-corrected chi connectivity index (χ3v) is 7.85. The number of sulfonamides is 1. The molecular formula is C24H31Cl2N3O4S. The van der Waals surface area contributed by atoms with Gasteiger partial charge in [-0.3, -0.25) is 9.59 Å². The Kier molecular flexibility index (Phi) is 9.94. The molecule has 7 nitrogen and oxygen atoms in total. The predicted molar refractivity (Wildman–Crippen MR) is 135 cm³/mol. The normalized spacial score (nSPS) is 12.6. The molecule has 0 aliphatic carbocycles. The molecule has 2 rings (SSSR count). The number of carbonyl (C=O) groups excluding carboxylic acids is 2. The van der Waals surface area contributed by atoms with Gasteiger partial charge in [-0.2, -0.15) is 4.31 Å². The van der Waals surface area contributed by atoms with Crippen molar-refractivity contribution in [1.29, 1.82) is 0 Å². The van der Waals surface area contributed by atoms with Gasteiger partial charge in [-0.15, -0.1) is 0 Å². The minimum Gasteiger partial charge on any atom is -0.354 e. The first-order chi connectivity index (χ1) is 15.8. The van der Waals surface area contributed by atoms with E-state index in [1.165, 1.54) is 24.1 Å². The molecule has 1 atom stereocenters. The fraction of sp³-hybridized carbons (Fsp3) is 0.417. The SMILES string of the molecule is Cc1ccc(S(=O)(=O)N(C)CC(=O)N(Cc2c(Cl)cccc2Cl)[C@H](C)C(=O)NCC(C)C)cc1. The topological polar surface area (TPSA) is 86.8 Å². The van der Waals surface area contributed by atoms with Gasteiger partial charge >= 0.3 is 0 Å². The number of nitrogens with one attached hydrogen (secondary N) is 1. The maximum atomic E-state index is 13.4. The Morgan fingerprint density at radius 2 is 1.56 bits per heavy atom. The van der Waals surface area contributed by atoms with Gasteiger partial charge in [-0.25, -0.2) is 8.42 Å². The van der Waals surface area contributed by atoms with E-state index in [4.69, 9.17) is 23.2 Å². The lowest BCUT2D eigenvalue weighted by atomic mass is 10.1. The van der Waals surface area contributed by atoms with E-state index >= 15 is 0 Å². The number of likely N-dealkylation sites (N-methyl/N-ethyl adjacent to an activating group) is 1. The van der Waals surface area contributed by atoms with Crippen molar-refractivity contribution in [3.8, 4) is 0 Å². The lowest BCUT2D eigenvalue weighted by Gasteiger charge is -2.31. The zero-order valence-electron chi connectivity index (χ0n) is 20.0. The highest BCUT2D eigenvalue weighted by atomic mass is 35.5. The van der Waals surface area contributed by atoms with Crippen LogP contribution in [0, 0.1) is 12.8 Å². The largest absolute Gasteiger partial charge is 0.354 e. The lowest BCUT2D eigenvalue weighted by Crippen LogP contribution is -2.51. The summed E-state index contributed by atoms with van der Waals surface area (Å²) in [5.41, 5.74) is 1.40. The molecule has 186 valence electrons. The molecule has 2 aromatic rings. The molecular weight excluding hydrogens is 497 g/mol. The summed E-state index contributed by atoms with van der Waals surface area (Å²) in [5, 5.41) is 3.51. The Bertz CT molecular complexity index is 1100. The minimum absolute atomic E-state index is 0.0496. The first-order valence-corrected chi connectivity index (χ1v) is 13.1. The molecule has 0 heterocycles. The summed E-state index contributed by atoms with van der Waals surface area (Å²) in [4.78, 5) is 27.5. The molecule has 0 saturated carbocycles. The first kappa shape index (κ1) is 28.1. The highest BCUT2D eigenvalue weighted by Gasteiger charge is 2.31. The third-order valence-electron chi connectivity index (χ3n) is 5.33. The van der Waals surface area contributed by atoms with Crippen molar-refractivity contribution in [2.24, 2.45) is 5.92 Å². The molecule has 0 saturated heterocycles. The van der Waals surface area contributed by atoms with Crippen molar-refractivity contribution in [2.45, 2.75) is 45.2 Å². The summed E-state index contributed by atoms with van der Waals surface area (Å²) in [6.45, 7) is 7.30. The lowest BCUT2D eigenvalue weighted by molar-refractivity contribution is -0.140. The molecule has 0 unspecified atom stereocenters. The van der Waals surface area contributed by atoms with E-state index in [-0.39, 0.29) is 23.3 Å². The summed E-state index contributed by atoms with van der Waals surface area (Å²) in [5.74, 6) is -0.681. The number of nitrogens with zero attached hydrogens (tertiary/aromatic N) is 2. The number of rotatable bonds is 10. The number of benzene rings is 2. The number of carbonyl (C=O) groups is 2. The van der Waals surface area contributed by atoms with Crippen LogP contribution < -0.4 is 5.32 Å². The van der Waals surface area contributed by atoms with Crippen molar-refractivity contribution in [1.82, 2.24) is 14.5 Å². The standard InChI is InChI=1S/C24H31Cl2N3O4S/c1-16(2)13-27-24(31)18(4)29(14-20-21(25)7-6-8-22(20)26)23(30)15-28(5)34(32,33)19-11-9-17(3)10-12-19/h6-12,16,18H,13-15H2,1-5H3,(H,27,31)/t18-/m1/s1. The van der Waals surface area contributed by atoms with E-state index in [2.05, 4.69) is 5.32 Å². The number of amides is 2. The van der Waals surface area contributed by atoms with Gasteiger partial charge in [0.05, 0.1) is 11.4 Å². The van der Waals surface area contributed by atoms with Crippen LogP contribution in [0.3, 0.4) is 0 Å². The summed E-state index contributed by atoms with van der Waals surface area (Å²) in [6, 6.07) is 10.5. The Hall–Kier alpha value is -2.13. The van der Waals surface area contributed by atoms with Gasteiger partial charge in [0.1, 0.15) is 6.04 Å². The second-order valence-electron chi connectivity index (χ2n) is 8.61. The summed E-state index contributed by atoms with van der Waals surface area (Å²) < 4.78 is 26.9. The van der Waals surface area contributed by atoms with Gasteiger partial charge in [0.25, 0.3) is 0 Å². The molecule has 34 heavy (non-hydrogen) atoms. The van der Waals surface area contributed by atoms with E-state index in [0.717, 1.165) is 9.87 Å². The number of hydrogen-bond donors (Lipinski definition) is 1. The smallest absolute Gasteiger partial charge is 0.243 e. The molecule has 0 aliphatic rings. The zero-order chi connectivity index (χ0) is 25.6. The van der Waals surface area contributed by atoms with Crippen LogP contribution in [-0.4, -0.2) is 55.6 Å². The van der Waals surface area contributed by atoms with Crippen molar-refractivity contribution in [2.75, 3.05) is 20.1 Å². The van der Waals surface area contributed by atoms with Crippen molar-refractivity contribution in [3.05, 3.63) is 63.6 Å². The van der Waals surface area contributed by atoms with Crippen LogP contribution >= 0.6 is 23.2 Å². The first-order valence-electron chi connectivity index (χ1n) is 10.9. The fourth-order valence-corrected chi connectivity index (χ4v) is 4.78. The molecule has 0 aromatic heterocycles. The highest BCUT2D eigenvalue weighted by Crippen LogP contribution is 2.27. The second-order valence-corrected chi connectivity index (χ2v) is 11.5. The van der Waals surface area contributed by atoms with Gasteiger partial charge in [-0.05, 0) is 44.0 Å². The van der Waals surface area contributed by atoms with Crippen LogP contribution in [0.5, 0.6) is 0 Å². The molecule has 0 aliphatic heterocycles. The predicted octanol–water partition coefficient (Wildman–Crippen LogP) is 4.11. The Balaban J connectivity index is 2.32. The van der Waals surface area contributed by atoms with E-state index in [0.29, 0.717) is 22.2 Å². The molecule has 1 N–H and O–H groups in total. The van der Waals surface area contributed by atoms with Gasteiger partial charge in [-0.1, -0.05) is 60.8 Å². The average Bonchev–Trinajstić information content (AvgIpc) is 2.77. The highest BCUT2D eigenvalue weighted by molar-refractivity contribution is 7.89. The Morgan fingerprint density at radius 3 is 2.09 bits per heavy atom. The van der Waals surface area contributed by atoms with E-state index < -0.39 is 28.5 Å². The molecule has 0 radical (unpaired) electrons. The molecule has 0 fully saturated rings. The van der Waals surface area contributed by atoms with Crippen LogP contribution in [0.25, 0.3) is 0 Å². The maximum Gasteiger partial charge on any atom is 0.243 e. The number of halogens is 2. The van der Waals surface area contributed by atoms with E-state index in [1.54, 1.807) is 37.3 Å². The van der Waals surface area contributed by atoms with Gasteiger partial charge in [0.2, 0.25) is 21.8 Å². The van der Waals surface area contributed by atoms with Crippen LogP contribution in [0.2, 0.25) is 10.0 Å². The van der Waals surface area contributed by atoms with Gasteiger partial charge < -0.3 is 10.2 Å². The van der Waals surface area contributed by atoms with Crippen LogP contribution in [0.1, 0.15) is 31.9 Å². The van der Waals surface area contributed by atoms with Crippen molar-refractivity contribution in [3.63, 3.8) is 0 Å². The van der Waals surface area contributed by atoms with E-state index in [9.17, 15) is 18.0 Å². The van der Waals surface area contributed by atoms with Gasteiger partial charge in [0, 0.05) is 35.7 Å². The summed E-state index contributed by atoms with van der Waals surface area (Å²) in [7, 11) is -2.58. The van der Waals surface area contributed by atoms with Crippen LogP contribution in [0.15, 0.2) is 47.4 Å². The molecule has 0 spiro atoms. The van der Waals surface area contributed by atoms with Crippen molar-refractivity contribution >= 4 is 45.0 Å². The maximum absolute atomic E-state index is 13.4. The number of hydrogen-bond acceptors (Lipinski definition) is 4. The van der Waals surface area contributed by atoms with Crippen molar-refractivity contribution < 1.29 is 18.0 Å². The second kappa shape index (κ2) is 12.0. The molecule has 2 amide bonds. The number of aryl methyl sites for hydroxylation is 1. The molecule has 0 bridgehead atoms. The Labute approximate surface area is 212 Å². The third kappa shape index (κ3) is 7.18. The van der Waals surface area contributed by atoms with Crippen LogP contribution in [0.4, 0.5) is 0 Å². The quantitative estimate of drug-likeness (QED) is 0.503. The van der Waals surface area contributed by atoms with E-state index in [1.807, 2.05) is 20.8 Å². The Morgan fingerprint density at radius 1 is 1.00 bits per heavy atom. The monoisotopic (exact) mass is 527 g/mol. The fourth-order valence-electron chi connectivity index (χ4n) is 3.15. The zero-order valence-corrected chi connectivity index (χ0v) is 22.3.